The zero-order chi connectivity index (χ0) is 21.8. The van der Waals surface area contributed by atoms with Crippen molar-refractivity contribution >= 4 is 29.2 Å². The van der Waals surface area contributed by atoms with Crippen LogP contribution < -0.4 is 10.2 Å². The highest BCUT2D eigenvalue weighted by Gasteiger charge is 2.22. The summed E-state index contributed by atoms with van der Waals surface area (Å²) in [7, 11) is 0. The number of halogens is 2. The van der Waals surface area contributed by atoms with Gasteiger partial charge in [0.25, 0.3) is 0 Å². The summed E-state index contributed by atoms with van der Waals surface area (Å²) in [4.78, 5) is 24.6. The van der Waals surface area contributed by atoms with Gasteiger partial charge in [-0.2, -0.15) is 0 Å². The number of benzene rings is 1. The van der Waals surface area contributed by atoms with E-state index in [1.54, 1.807) is 45.8 Å². The minimum Gasteiger partial charge on any atom is -0.477 e. The zero-order valence-electron chi connectivity index (χ0n) is 16.1. The van der Waals surface area contributed by atoms with Gasteiger partial charge in [0.15, 0.2) is 5.43 Å². The van der Waals surface area contributed by atoms with Crippen LogP contribution in [0.2, 0.25) is 10.0 Å². The molecule has 30 heavy (non-hydrogen) atoms. The van der Waals surface area contributed by atoms with E-state index in [0.717, 1.165) is 0 Å². The van der Waals surface area contributed by atoms with Gasteiger partial charge in [-0.25, -0.2) is 4.79 Å². The molecule has 0 radical (unpaired) electrons. The van der Waals surface area contributed by atoms with Crippen molar-refractivity contribution in [3.05, 3.63) is 80.7 Å². The summed E-state index contributed by atoms with van der Waals surface area (Å²) in [5.41, 5.74) is 0.416. The van der Waals surface area contributed by atoms with Crippen molar-refractivity contribution in [2.75, 3.05) is 6.61 Å². The van der Waals surface area contributed by atoms with E-state index >= 15 is 0 Å². The van der Waals surface area contributed by atoms with Gasteiger partial charge in [-0.1, -0.05) is 41.9 Å². The van der Waals surface area contributed by atoms with Gasteiger partial charge in [-0.05, 0) is 19.1 Å². The van der Waals surface area contributed by atoms with E-state index in [9.17, 15) is 14.7 Å². The Morgan fingerprint density at radius 1 is 1.27 bits per heavy atom. The first kappa shape index (κ1) is 21.7. The molecule has 0 aliphatic carbocycles. The number of carbonyl (C=O) groups is 1. The first-order valence-electron chi connectivity index (χ1n) is 9.08. The molecule has 0 amide bonds. The van der Waals surface area contributed by atoms with Crippen LogP contribution in [-0.2, 0) is 13.1 Å². The highest BCUT2D eigenvalue weighted by Crippen LogP contribution is 2.30. The lowest BCUT2D eigenvalue weighted by atomic mass is 10.0. The maximum atomic E-state index is 12.7. The molecule has 0 spiro atoms. The third-order valence-electron chi connectivity index (χ3n) is 4.41. The number of aromatic nitrogens is 3. The second-order valence-corrected chi connectivity index (χ2v) is 7.17. The van der Waals surface area contributed by atoms with Gasteiger partial charge in [0, 0.05) is 36.1 Å². The first-order chi connectivity index (χ1) is 14.3. The van der Waals surface area contributed by atoms with Crippen LogP contribution in [0.25, 0.3) is 11.3 Å². The molecule has 0 aliphatic heterocycles. The van der Waals surface area contributed by atoms with E-state index < -0.39 is 11.4 Å². The Hall–Kier alpha value is -3.03. The van der Waals surface area contributed by atoms with Crippen molar-refractivity contribution in [1.82, 2.24) is 14.3 Å². The van der Waals surface area contributed by atoms with Gasteiger partial charge in [-0.3, -0.25) is 9.48 Å². The van der Waals surface area contributed by atoms with Gasteiger partial charge in [0.05, 0.1) is 22.3 Å². The van der Waals surface area contributed by atoms with Crippen molar-refractivity contribution < 1.29 is 14.6 Å². The third kappa shape index (κ3) is 4.42. The van der Waals surface area contributed by atoms with Crippen LogP contribution in [0.15, 0.2) is 54.0 Å². The van der Waals surface area contributed by atoms with Gasteiger partial charge < -0.3 is 14.4 Å². The van der Waals surface area contributed by atoms with Crippen LogP contribution in [0, 0.1) is 0 Å². The van der Waals surface area contributed by atoms with Gasteiger partial charge in [0.1, 0.15) is 12.2 Å². The lowest BCUT2D eigenvalue weighted by Crippen LogP contribution is -2.24. The predicted octanol–water partition coefficient (Wildman–Crippen LogP) is 4.35. The molecular formula is C21H19Cl2N3O4. The van der Waals surface area contributed by atoms with E-state index in [-0.39, 0.29) is 22.8 Å². The molecule has 156 valence electrons. The molecular weight excluding hydrogens is 429 g/mol. The summed E-state index contributed by atoms with van der Waals surface area (Å²) >= 11 is 12.1. The van der Waals surface area contributed by atoms with Crippen LogP contribution in [-0.4, -0.2) is 32.0 Å². The van der Waals surface area contributed by atoms with Crippen molar-refractivity contribution in [3.63, 3.8) is 0 Å². The second-order valence-electron chi connectivity index (χ2n) is 6.35. The fourth-order valence-corrected chi connectivity index (χ4v) is 3.46. The van der Waals surface area contributed by atoms with Crippen molar-refractivity contribution in [1.29, 1.82) is 0 Å². The number of rotatable bonds is 8. The quantitative estimate of drug-likeness (QED) is 0.518. The van der Waals surface area contributed by atoms with Gasteiger partial charge in [0.2, 0.25) is 5.88 Å². The van der Waals surface area contributed by atoms with Crippen molar-refractivity contribution in [2.24, 2.45) is 0 Å². The largest absolute Gasteiger partial charge is 0.477 e. The van der Waals surface area contributed by atoms with E-state index in [1.165, 1.54) is 6.07 Å². The predicted molar refractivity (Wildman–Crippen MR) is 116 cm³/mol. The molecule has 2 heterocycles. The molecule has 3 aromatic rings. The Morgan fingerprint density at radius 3 is 2.67 bits per heavy atom. The maximum absolute atomic E-state index is 12.7. The zero-order valence-corrected chi connectivity index (χ0v) is 17.7. The molecule has 0 unspecified atom stereocenters. The average Bonchev–Trinajstić information content (AvgIpc) is 3.15. The number of hydrogen-bond acceptors (Lipinski definition) is 4. The van der Waals surface area contributed by atoms with E-state index in [4.69, 9.17) is 27.9 Å². The number of nitrogens with zero attached hydrogens (tertiary/aromatic N) is 3. The molecule has 2 aromatic heterocycles. The molecule has 3 rings (SSSR count). The normalized spacial score (nSPS) is 10.8. The van der Waals surface area contributed by atoms with Crippen LogP contribution in [0.1, 0.15) is 23.0 Å². The van der Waals surface area contributed by atoms with Crippen LogP contribution in [0.5, 0.6) is 5.88 Å². The number of carboxylic acid groups (broad SMARTS) is 1. The highest BCUT2D eigenvalue weighted by atomic mass is 35.5. The summed E-state index contributed by atoms with van der Waals surface area (Å²) in [6.45, 7) is 6.45. The molecule has 1 N–H and O–H groups in total. The Balaban J connectivity index is 2.15. The Labute approximate surface area is 182 Å². The lowest BCUT2D eigenvalue weighted by molar-refractivity contribution is 0.0695. The highest BCUT2D eigenvalue weighted by molar-refractivity contribution is 6.42. The fraction of sp³-hybridized carbons (Fsp3) is 0.190. The number of hydrogen-bond donors (Lipinski definition) is 1. The summed E-state index contributed by atoms with van der Waals surface area (Å²) in [6.07, 6.45) is 3.33. The van der Waals surface area contributed by atoms with Crippen LogP contribution >= 0.6 is 23.2 Å². The Kier molecular flexibility index (Phi) is 6.64. The number of carboxylic acids is 1. The van der Waals surface area contributed by atoms with Crippen LogP contribution in [0.3, 0.4) is 0 Å². The monoisotopic (exact) mass is 447 g/mol. The Morgan fingerprint density at radius 2 is 2.03 bits per heavy atom. The Bertz CT molecular complexity index is 1170. The molecule has 0 saturated carbocycles. The number of pyridine rings is 1. The first-order valence-corrected chi connectivity index (χ1v) is 9.83. The fourth-order valence-electron chi connectivity index (χ4n) is 3.16. The van der Waals surface area contributed by atoms with E-state index in [0.29, 0.717) is 35.3 Å². The summed E-state index contributed by atoms with van der Waals surface area (Å²) in [6, 6.07) is 7.78. The van der Waals surface area contributed by atoms with Crippen molar-refractivity contribution in [2.45, 2.75) is 20.0 Å². The molecule has 0 bridgehead atoms. The lowest BCUT2D eigenvalue weighted by Gasteiger charge is -2.20. The minimum absolute atomic E-state index is 0.245. The second kappa shape index (κ2) is 9.19. The number of ether oxygens (including phenoxy) is 1. The molecule has 0 fully saturated rings. The third-order valence-corrected chi connectivity index (χ3v) is 5.15. The van der Waals surface area contributed by atoms with E-state index in [2.05, 4.69) is 11.7 Å². The molecule has 0 aliphatic rings. The SMILES string of the molecule is C=CCOc1ccn(Cc2cc(=O)c(C(=O)O)c(-c3ccc(Cl)c(Cl)c3)n2CC)n1. The molecule has 7 nitrogen and oxygen atoms in total. The van der Waals surface area contributed by atoms with E-state index in [1.807, 2.05) is 6.92 Å². The van der Waals surface area contributed by atoms with Gasteiger partial charge >= 0.3 is 5.97 Å². The average molecular weight is 448 g/mol. The molecule has 1 aromatic carbocycles. The molecule has 0 atom stereocenters. The topological polar surface area (TPSA) is 86.4 Å². The minimum atomic E-state index is -1.31. The summed E-state index contributed by atoms with van der Waals surface area (Å²) < 4.78 is 8.77. The molecule has 9 heteroatoms. The van der Waals surface area contributed by atoms with Crippen LogP contribution in [0.4, 0.5) is 0 Å². The smallest absolute Gasteiger partial charge is 0.341 e. The van der Waals surface area contributed by atoms with Crippen molar-refractivity contribution in [3.8, 4) is 17.1 Å². The maximum Gasteiger partial charge on any atom is 0.341 e. The molecule has 0 saturated heterocycles. The standard InChI is InChI=1S/C21H19Cl2N3O4/c1-3-9-30-18-7-8-25(24-18)12-14-11-17(27)19(21(28)29)20(26(14)4-2)13-5-6-15(22)16(23)10-13/h3,5-8,10-11H,1,4,9,12H2,2H3,(H,28,29). The van der Waals surface area contributed by atoms with Gasteiger partial charge in [-0.15, -0.1) is 5.10 Å². The summed E-state index contributed by atoms with van der Waals surface area (Å²) in [5.74, 6) is -0.888. The number of aromatic carboxylic acids is 1. The summed E-state index contributed by atoms with van der Waals surface area (Å²) in [5, 5.41) is 14.6.